The topological polar surface area (TPSA) is 55.6 Å². The van der Waals surface area contributed by atoms with Crippen molar-refractivity contribution in [2.24, 2.45) is 5.73 Å². The molecular weight excluding hydrogens is 320 g/mol. The van der Waals surface area contributed by atoms with Gasteiger partial charge in [-0.15, -0.1) is 0 Å². The molecule has 0 radical (unpaired) electrons. The number of benzene rings is 1. The number of nitrogens with two attached hydrogens (primary N) is 1. The molecule has 1 amide bonds. The highest BCUT2D eigenvalue weighted by Gasteiger charge is 2.31. The quantitative estimate of drug-likeness (QED) is 0.918. The summed E-state index contributed by atoms with van der Waals surface area (Å²) in [5.74, 6) is 0.0516. The molecule has 0 aliphatic carbocycles. The van der Waals surface area contributed by atoms with Crippen molar-refractivity contribution in [1.29, 1.82) is 0 Å². The van der Waals surface area contributed by atoms with Crippen LogP contribution in [0.4, 0.5) is 0 Å². The van der Waals surface area contributed by atoms with Gasteiger partial charge in [0.05, 0.1) is 6.10 Å². The molecule has 5 heteroatoms. The summed E-state index contributed by atoms with van der Waals surface area (Å²) in [5.41, 5.74) is 7.65. The number of hydrogen-bond donors (Lipinski definition) is 1. The maximum absolute atomic E-state index is 12.6. The van der Waals surface area contributed by atoms with E-state index in [9.17, 15) is 4.79 Å². The first-order chi connectivity index (χ1) is 9.56. The molecule has 2 rings (SSSR count). The van der Waals surface area contributed by atoms with Crippen molar-refractivity contribution < 1.29 is 9.53 Å². The third-order valence-electron chi connectivity index (χ3n) is 3.95. The van der Waals surface area contributed by atoms with Crippen LogP contribution in [0.15, 0.2) is 22.7 Å². The summed E-state index contributed by atoms with van der Waals surface area (Å²) in [4.78, 5) is 14.5. The van der Waals surface area contributed by atoms with Gasteiger partial charge in [0.2, 0.25) is 0 Å². The normalized spacial score (nSPS) is 22.9. The van der Waals surface area contributed by atoms with E-state index in [0.29, 0.717) is 18.7 Å². The third-order valence-corrected chi connectivity index (χ3v) is 4.81. The summed E-state index contributed by atoms with van der Waals surface area (Å²) in [6.45, 7) is 3.18. The maximum atomic E-state index is 12.6. The van der Waals surface area contributed by atoms with Crippen LogP contribution >= 0.6 is 15.9 Å². The van der Waals surface area contributed by atoms with Gasteiger partial charge in [0.1, 0.15) is 0 Å². The van der Waals surface area contributed by atoms with E-state index in [2.05, 4.69) is 15.9 Å². The number of carbonyl (C=O) groups is 1. The van der Waals surface area contributed by atoms with Crippen LogP contribution in [0, 0.1) is 6.92 Å². The highest BCUT2D eigenvalue weighted by molar-refractivity contribution is 9.10. The van der Waals surface area contributed by atoms with Gasteiger partial charge in [0, 0.05) is 36.3 Å². The van der Waals surface area contributed by atoms with Crippen molar-refractivity contribution in [3.63, 3.8) is 0 Å². The Morgan fingerprint density at radius 1 is 1.55 bits per heavy atom. The van der Waals surface area contributed by atoms with Crippen molar-refractivity contribution in [3.8, 4) is 0 Å². The van der Waals surface area contributed by atoms with Crippen LogP contribution in [0.5, 0.6) is 0 Å². The van der Waals surface area contributed by atoms with Crippen LogP contribution in [0.25, 0.3) is 0 Å². The number of aryl methyl sites for hydroxylation is 1. The van der Waals surface area contributed by atoms with Gasteiger partial charge in [-0.3, -0.25) is 4.79 Å². The fourth-order valence-corrected chi connectivity index (χ4v) is 2.99. The van der Waals surface area contributed by atoms with E-state index in [1.165, 1.54) is 0 Å². The van der Waals surface area contributed by atoms with Gasteiger partial charge in [-0.25, -0.2) is 0 Å². The maximum Gasteiger partial charge on any atom is 0.254 e. The molecule has 1 aliphatic rings. The summed E-state index contributed by atoms with van der Waals surface area (Å²) < 4.78 is 6.35. The third kappa shape index (κ3) is 3.22. The van der Waals surface area contributed by atoms with E-state index < -0.39 is 0 Å². The molecule has 1 aromatic rings. The van der Waals surface area contributed by atoms with Crippen molar-refractivity contribution in [1.82, 2.24) is 4.90 Å². The first-order valence-corrected chi connectivity index (χ1v) is 7.66. The summed E-state index contributed by atoms with van der Waals surface area (Å²) in [5, 5.41) is 0. The van der Waals surface area contributed by atoms with Crippen LogP contribution in [0.3, 0.4) is 0 Å². The van der Waals surface area contributed by atoms with Crippen LogP contribution in [-0.4, -0.2) is 43.2 Å². The van der Waals surface area contributed by atoms with Crippen molar-refractivity contribution in [2.45, 2.75) is 31.9 Å². The monoisotopic (exact) mass is 340 g/mol. The summed E-state index contributed by atoms with van der Waals surface area (Å²) >= 11 is 3.48. The smallest absolute Gasteiger partial charge is 0.254 e. The molecule has 110 valence electrons. The van der Waals surface area contributed by atoms with E-state index in [0.717, 1.165) is 22.9 Å². The second-order valence-electron chi connectivity index (χ2n) is 5.23. The van der Waals surface area contributed by atoms with E-state index in [-0.39, 0.29) is 18.1 Å². The molecular formula is C15H21BrN2O2. The number of rotatable bonds is 3. The van der Waals surface area contributed by atoms with Crippen molar-refractivity contribution in [3.05, 3.63) is 33.8 Å². The number of likely N-dealkylation sites (tertiary alicyclic amines) is 1. The van der Waals surface area contributed by atoms with E-state index in [4.69, 9.17) is 10.5 Å². The first kappa shape index (κ1) is 15.5. The molecule has 1 aliphatic heterocycles. The van der Waals surface area contributed by atoms with Crippen LogP contribution in [0.2, 0.25) is 0 Å². The zero-order chi connectivity index (χ0) is 14.7. The lowest BCUT2D eigenvalue weighted by atomic mass is 9.98. The number of carbonyl (C=O) groups excluding carboxylic acids is 1. The number of piperidine rings is 1. The van der Waals surface area contributed by atoms with Gasteiger partial charge >= 0.3 is 0 Å². The van der Waals surface area contributed by atoms with E-state index in [1.54, 1.807) is 7.11 Å². The highest BCUT2D eigenvalue weighted by Crippen LogP contribution is 2.23. The summed E-state index contributed by atoms with van der Waals surface area (Å²) in [6, 6.07) is 5.77. The predicted molar refractivity (Wildman–Crippen MR) is 82.8 cm³/mol. The van der Waals surface area contributed by atoms with E-state index >= 15 is 0 Å². The molecule has 2 unspecified atom stereocenters. The lowest BCUT2D eigenvalue weighted by Gasteiger charge is -2.38. The van der Waals surface area contributed by atoms with Crippen LogP contribution < -0.4 is 5.73 Å². The molecule has 2 atom stereocenters. The largest absolute Gasteiger partial charge is 0.381 e. The lowest BCUT2D eigenvalue weighted by Crippen LogP contribution is -2.51. The zero-order valence-electron chi connectivity index (χ0n) is 11.9. The van der Waals surface area contributed by atoms with Crippen LogP contribution in [-0.2, 0) is 4.74 Å². The number of hydrogen-bond acceptors (Lipinski definition) is 3. The molecule has 1 heterocycles. The molecule has 0 saturated carbocycles. The Kier molecular flexibility index (Phi) is 5.18. The average Bonchev–Trinajstić information content (AvgIpc) is 2.48. The van der Waals surface area contributed by atoms with Crippen molar-refractivity contribution in [2.75, 3.05) is 20.2 Å². The Bertz CT molecular complexity index is 493. The summed E-state index contributed by atoms with van der Waals surface area (Å²) in [7, 11) is 1.72. The number of halogens is 1. The Balaban J connectivity index is 2.17. The number of methoxy groups -OCH3 is 1. The highest BCUT2D eigenvalue weighted by atomic mass is 79.9. The molecule has 4 nitrogen and oxygen atoms in total. The molecule has 2 N–H and O–H groups in total. The molecule has 0 bridgehead atoms. The zero-order valence-corrected chi connectivity index (χ0v) is 13.5. The predicted octanol–water partition coefficient (Wildman–Crippen LogP) is 2.34. The lowest BCUT2D eigenvalue weighted by molar-refractivity contribution is 0.0139. The standard InChI is InChI=1S/C15H21BrN2O2/c1-10-3-4-11(7-14(10)16)15(19)18-6-5-13(20-2)8-12(18)9-17/h3-4,7,12-13H,5-6,8-9,17H2,1-2H3. The first-order valence-electron chi connectivity index (χ1n) is 6.86. The Morgan fingerprint density at radius 3 is 2.90 bits per heavy atom. The number of amides is 1. The van der Waals surface area contributed by atoms with E-state index in [1.807, 2.05) is 30.0 Å². The molecule has 1 fully saturated rings. The van der Waals surface area contributed by atoms with Crippen LogP contribution in [0.1, 0.15) is 28.8 Å². The van der Waals surface area contributed by atoms with Gasteiger partial charge in [0.15, 0.2) is 0 Å². The molecule has 0 aromatic heterocycles. The summed E-state index contributed by atoms with van der Waals surface area (Å²) in [6.07, 6.45) is 1.88. The second kappa shape index (κ2) is 6.70. The number of ether oxygens (including phenoxy) is 1. The fraction of sp³-hybridized carbons (Fsp3) is 0.533. The van der Waals surface area contributed by atoms with Crippen molar-refractivity contribution >= 4 is 21.8 Å². The Labute approximate surface area is 128 Å². The molecule has 20 heavy (non-hydrogen) atoms. The van der Waals surface area contributed by atoms with Gasteiger partial charge in [0.25, 0.3) is 5.91 Å². The molecule has 1 saturated heterocycles. The fourth-order valence-electron chi connectivity index (χ4n) is 2.61. The molecule has 0 spiro atoms. The Morgan fingerprint density at radius 2 is 2.30 bits per heavy atom. The minimum atomic E-state index is 0.0516. The second-order valence-corrected chi connectivity index (χ2v) is 6.09. The number of nitrogens with zero attached hydrogens (tertiary/aromatic N) is 1. The van der Waals surface area contributed by atoms with Gasteiger partial charge in [-0.05, 0) is 37.5 Å². The minimum absolute atomic E-state index is 0.0516. The minimum Gasteiger partial charge on any atom is -0.381 e. The van der Waals surface area contributed by atoms with Gasteiger partial charge < -0.3 is 15.4 Å². The SMILES string of the molecule is COC1CCN(C(=O)c2ccc(C)c(Br)c2)C(CN)C1. The Hall–Kier alpha value is -0.910. The molecule has 1 aromatic carbocycles. The van der Waals surface area contributed by atoms with Gasteiger partial charge in [-0.1, -0.05) is 22.0 Å². The van der Waals surface area contributed by atoms with Gasteiger partial charge in [-0.2, -0.15) is 0 Å². The average molecular weight is 341 g/mol.